The van der Waals surface area contributed by atoms with Gasteiger partial charge in [0.05, 0.1) is 7.11 Å². The van der Waals surface area contributed by atoms with Gasteiger partial charge in [-0.25, -0.2) is 0 Å². The summed E-state index contributed by atoms with van der Waals surface area (Å²) in [6.07, 6.45) is 0. The second-order valence-corrected chi connectivity index (χ2v) is 6.87. The van der Waals surface area contributed by atoms with E-state index in [4.69, 9.17) is 4.74 Å². The van der Waals surface area contributed by atoms with Crippen molar-refractivity contribution in [2.24, 2.45) is 5.41 Å². The summed E-state index contributed by atoms with van der Waals surface area (Å²) >= 11 is 0. The van der Waals surface area contributed by atoms with Gasteiger partial charge in [0.1, 0.15) is 5.75 Å². The Labute approximate surface area is 123 Å². The molecular weight excluding hydrogens is 248 g/mol. The maximum Gasteiger partial charge on any atom is 0.123 e. The zero-order valence-electron chi connectivity index (χ0n) is 13.5. The molecule has 0 saturated carbocycles. The molecule has 1 N–H and O–H groups in total. The van der Waals surface area contributed by atoms with E-state index in [2.05, 4.69) is 56.1 Å². The molecule has 2 rings (SSSR count). The Bertz CT molecular complexity index is 451. The first-order valence-electron chi connectivity index (χ1n) is 7.50. The highest BCUT2D eigenvalue weighted by Crippen LogP contribution is 2.29. The smallest absolute Gasteiger partial charge is 0.123 e. The lowest BCUT2D eigenvalue weighted by Crippen LogP contribution is -2.56. The average Bonchev–Trinajstić information content (AvgIpc) is 2.38. The number of methoxy groups -OCH3 is 1. The van der Waals surface area contributed by atoms with Gasteiger partial charge < -0.3 is 10.1 Å². The van der Waals surface area contributed by atoms with Gasteiger partial charge in [-0.3, -0.25) is 4.90 Å². The third-order valence-electron chi connectivity index (χ3n) is 4.16. The van der Waals surface area contributed by atoms with Gasteiger partial charge >= 0.3 is 0 Å². The normalized spacial score (nSPS) is 20.9. The summed E-state index contributed by atoms with van der Waals surface area (Å²) in [5, 5.41) is 3.52. The van der Waals surface area contributed by atoms with Crippen molar-refractivity contribution in [2.75, 3.05) is 26.7 Å². The summed E-state index contributed by atoms with van der Waals surface area (Å²) in [7, 11) is 1.76. The Hall–Kier alpha value is -1.06. The van der Waals surface area contributed by atoms with Crippen LogP contribution in [0.4, 0.5) is 0 Å². The molecule has 1 atom stereocenters. The predicted molar refractivity (Wildman–Crippen MR) is 84.3 cm³/mol. The van der Waals surface area contributed by atoms with E-state index in [-0.39, 0.29) is 5.41 Å². The van der Waals surface area contributed by atoms with Crippen molar-refractivity contribution in [1.82, 2.24) is 10.2 Å². The van der Waals surface area contributed by atoms with Crippen LogP contribution in [-0.4, -0.2) is 37.7 Å². The molecular formula is C17H28N2O. The van der Waals surface area contributed by atoms with Crippen molar-refractivity contribution in [1.29, 1.82) is 0 Å². The minimum absolute atomic E-state index is 0.282. The van der Waals surface area contributed by atoms with Gasteiger partial charge in [0.2, 0.25) is 0 Å². The molecule has 3 nitrogen and oxygen atoms in total. The van der Waals surface area contributed by atoms with Crippen LogP contribution >= 0.6 is 0 Å². The summed E-state index contributed by atoms with van der Waals surface area (Å²) in [4.78, 5) is 2.59. The zero-order chi connectivity index (χ0) is 14.8. The lowest BCUT2D eigenvalue weighted by Gasteiger charge is -2.43. The monoisotopic (exact) mass is 276 g/mol. The average molecular weight is 276 g/mol. The summed E-state index contributed by atoms with van der Waals surface area (Å²) in [5.41, 5.74) is 2.87. The number of piperazine rings is 1. The van der Waals surface area contributed by atoms with Crippen molar-refractivity contribution in [2.45, 2.75) is 40.3 Å². The maximum atomic E-state index is 5.52. The topological polar surface area (TPSA) is 24.5 Å². The maximum absolute atomic E-state index is 5.52. The predicted octanol–water partition coefficient (Wildman–Crippen LogP) is 2.82. The minimum Gasteiger partial charge on any atom is -0.496 e. The summed E-state index contributed by atoms with van der Waals surface area (Å²) in [5.74, 6) is 1.00. The second-order valence-electron chi connectivity index (χ2n) is 6.87. The molecule has 0 aliphatic carbocycles. The van der Waals surface area contributed by atoms with E-state index >= 15 is 0 Å². The van der Waals surface area contributed by atoms with Gasteiger partial charge in [-0.1, -0.05) is 38.5 Å². The molecule has 1 aliphatic rings. The summed E-state index contributed by atoms with van der Waals surface area (Å²) < 4.78 is 5.52. The van der Waals surface area contributed by atoms with Crippen LogP contribution < -0.4 is 10.1 Å². The van der Waals surface area contributed by atoms with Crippen molar-refractivity contribution in [3.05, 3.63) is 29.3 Å². The molecule has 0 spiro atoms. The number of benzene rings is 1. The molecule has 3 heteroatoms. The van der Waals surface area contributed by atoms with E-state index in [0.29, 0.717) is 6.04 Å². The van der Waals surface area contributed by atoms with Crippen LogP contribution in [0, 0.1) is 12.3 Å². The fraction of sp³-hybridized carbons (Fsp3) is 0.647. The number of rotatable bonds is 3. The van der Waals surface area contributed by atoms with Crippen molar-refractivity contribution in [3.63, 3.8) is 0 Å². The first-order chi connectivity index (χ1) is 9.41. The number of hydrogen-bond acceptors (Lipinski definition) is 3. The van der Waals surface area contributed by atoms with Crippen LogP contribution in [0.25, 0.3) is 0 Å². The lowest BCUT2D eigenvalue weighted by atomic mass is 9.84. The molecule has 1 fully saturated rings. The summed E-state index contributed by atoms with van der Waals surface area (Å²) in [6.45, 7) is 13.3. The van der Waals surface area contributed by atoms with Crippen LogP contribution in [0.15, 0.2) is 18.2 Å². The van der Waals surface area contributed by atoms with Gasteiger partial charge in [0, 0.05) is 37.8 Å². The standard InChI is InChI=1S/C17H28N2O/c1-13-6-7-15(20-5)14(10-13)12-19-9-8-18-11-16(19)17(2,3)4/h6-7,10,16,18H,8-9,11-12H2,1-5H3. The highest BCUT2D eigenvalue weighted by Gasteiger charge is 2.32. The lowest BCUT2D eigenvalue weighted by molar-refractivity contribution is 0.0682. The Kier molecular flexibility index (Phi) is 4.71. The van der Waals surface area contributed by atoms with Gasteiger partial charge in [-0.2, -0.15) is 0 Å². The highest BCUT2D eigenvalue weighted by molar-refractivity contribution is 5.36. The van der Waals surface area contributed by atoms with Gasteiger partial charge in [0.15, 0.2) is 0 Å². The molecule has 1 aromatic rings. The molecule has 20 heavy (non-hydrogen) atoms. The van der Waals surface area contributed by atoms with Crippen LogP contribution in [0.1, 0.15) is 31.9 Å². The van der Waals surface area contributed by atoms with E-state index in [1.165, 1.54) is 11.1 Å². The Morgan fingerprint density at radius 3 is 2.75 bits per heavy atom. The van der Waals surface area contributed by atoms with Crippen LogP contribution in [-0.2, 0) is 6.54 Å². The van der Waals surface area contributed by atoms with Gasteiger partial charge in [-0.15, -0.1) is 0 Å². The van der Waals surface area contributed by atoms with Crippen LogP contribution in [0.2, 0.25) is 0 Å². The molecule has 0 bridgehead atoms. The first-order valence-corrected chi connectivity index (χ1v) is 7.50. The van der Waals surface area contributed by atoms with Gasteiger partial charge in [0.25, 0.3) is 0 Å². The number of nitrogens with zero attached hydrogens (tertiary/aromatic N) is 1. The number of nitrogens with one attached hydrogen (secondary N) is 1. The number of hydrogen-bond donors (Lipinski definition) is 1. The number of aryl methyl sites for hydroxylation is 1. The van der Waals surface area contributed by atoms with Crippen LogP contribution in [0.5, 0.6) is 5.75 Å². The van der Waals surface area contributed by atoms with Crippen molar-refractivity contribution >= 4 is 0 Å². The molecule has 112 valence electrons. The zero-order valence-corrected chi connectivity index (χ0v) is 13.5. The third kappa shape index (κ3) is 3.53. The number of ether oxygens (including phenoxy) is 1. The Morgan fingerprint density at radius 2 is 2.10 bits per heavy atom. The Balaban J connectivity index is 2.20. The van der Waals surface area contributed by atoms with Crippen LogP contribution in [0.3, 0.4) is 0 Å². The fourth-order valence-corrected chi connectivity index (χ4v) is 3.04. The third-order valence-corrected chi connectivity index (χ3v) is 4.16. The molecule has 1 unspecified atom stereocenters. The van der Waals surface area contributed by atoms with E-state index < -0.39 is 0 Å². The van der Waals surface area contributed by atoms with Crippen molar-refractivity contribution in [3.8, 4) is 5.75 Å². The molecule has 1 saturated heterocycles. The Morgan fingerprint density at radius 1 is 1.35 bits per heavy atom. The second kappa shape index (κ2) is 6.15. The summed E-state index contributed by atoms with van der Waals surface area (Å²) in [6, 6.07) is 7.00. The molecule has 1 aromatic carbocycles. The van der Waals surface area contributed by atoms with E-state index in [0.717, 1.165) is 31.9 Å². The molecule has 1 heterocycles. The van der Waals surface area contributed by atoms with Crippen molar-refractivity contribution < 1.29 is 4.74 Å². The largest absolute Gasteiger partial charge is 0.496 e. The molecule has 1 aliphatic heterocycles. The molecule has 0 radical (unpaired) electrons. The van der Waals surface area contributed by atoms with E-state index in [1.54, 1.807) is 7.11 Å². The van der Waals surface area contributed by atoms with E-state index in [1.807, 2.05) is 0 Å². The first kappa shape index (κ1) is 15.3. The fourth-order valence-electron chi connectivity index (χ4n) is 3.04. The van der Waals surface area contributed by atoms with Gasteiger partial charge in [-0.05, 0) is 18.4 Å². The minimum atomic E-state index is 0.282. The SMILES string of the molecule is COc1ccc(C)cc1CN1CCNCC1C(C)(C)C. The molecule has 0 aromatic heterocycles. The molecule has 0 amide bonds. The quantitative estimate of drug-likeness (QED) is 0.919. The van der Waals surface area contributed by atoms with E-state index in [9.17, 15) is 0 Å². The highest BCUT2D eigenvalue weighted by atomic mass is 16.5.